The van der Waals surface area contributed by atoms with Gasteiger partial charge in [0.25, 0.3) is 11.3 Å². The number of esters is 2. The maximum Gasteiger partial charge on any atom is 0.491 e. The topological polar surface area (TPSA) is 169 Å². The fourth-order valence-corrected chi connectivity index (χ4v) is 5.21. The Morgan fingerprint density at radius 3 is 2.50 bits per heavy atom. The number of pyridine rings is 2. The average Bonchev–Trinajstić information content (AvgIpc) is 3.34. The molecular formula is C29H28F3N3O9. The molecule has 5 rings (SSSR count). The fraction of sp³-hybridized carbons (Fsp3) is 0.414. The van der Waals surface area contributed by atoms with E-state index in [9.17, 15) is 37.5 Å². The number of hydrogen-bond donors (Lipinski definition) is 2. The van der Waals surface area contributed by atoms with Crippen LogP contribution in [0.2, 0.25) is 0 Å². The number of aliphatic hydroxyl groups is 1. The van der Waals surface area contributed by atoms with Crippen LogP contribution in [0.4, 0.5) is 13.2 Å². The number of carbonyl (C=O) groups excluding carboxylic acids is 3. The van der Waals surface area contributed by atoms with Gasteiger partial charge in [-0.1, -0.05) is 33.8 Å². The van der Waals surface area contributed by atoms with Gasteiger partial charge in [0.1, 0.15) is 6.61 Å². The number of cyclic esters (lactones) is 1. The number of ether oxygens (including phenoxy) is 2. The van der Waals surface area contributed by atoms with Crippen molar-refractivity contribution < 1.29 is 51.9 Å². The molecule has 0 spiro atoms. The first kappa shape index (κ1) is 30.9. The summed E-state index contributed by atoms with van der Waals surface area (Å²) in [6.45, 7) is 5.75. The molecule has 2 atom stereocenters. The summed E-state index contributed by atoms with van der Waals surface area (Å²) in [4.78, 5) is 64.9. The van der Waals surface area contributed by atoms with Crippen LogP contribution in [0.3, 0.4) is 0 Å². The number of fused-ring (bicyclic) bond motifs is 5. The Morgan fingerprint density at radius 1 is 1.18 bits per heavy atom. The van der Waals surface area contributed by atoms with Crippen molar-refractivity contribution in [1.82, 2.24) is 9.55 Å². The molecule has 44 heavy (non-hydrogen) atoms. The summed E-state index contributed by atoms with van der Waals surface area (Å²) in [5, 5.41) is 11.4. The summed E-state index contributed by atoms with van der Waals surface area (Å²) in [5.41, 5.74) is 3.27. The van der Waals surface area contributed by atoms with Crippen molar-refractivity contribution >= 4 is 28.8 Å². The average molecular weight is 620 g/mol. The molecule has 15 heteroatoms. The molecule has 234 valence electrons. The molecule has 1 unspecified atom stereocenters. The highest BCUT2D eigenvalue weighted by molar-refractivity contribution is 5.92. The molecule has 12 nitrogen and oxygen atoms in total. The van der Waals surface area contributed by atoms with Crippen molar-refractivity contribution in [2.24, 2.45) is 11.7 Å². The molecule has 0 radical (unpaired) electrons. The number of halogens is 3. The lowest BCUT2D eigenvalue weighted by Gasteiger charge is -2.31. The van der Waals surface area contributed by atoms with Crippen LogP contribution in [-0.2, 0) is 53.9 Å². The molecule has 2 aliphatic heterocycles. The van der Waals surface area contributed by atoms with Gasteiger partial charge in [0, 0.05) is 22.4 Å². The Balaban J connectivity index is 1.54. The second-order valence-corrected chi connectivity index (χ2v) is 10.9. The molecule has 0 amide bonds. The molecule has 0 aliphatic carbocycles. The van der Waals surface area contributed by atoms with Crippen molar-refractivity contribution in [3.63, 3.8) is 0 Å². The normalized spacial score (nSPS) is 18.6. The SMILES string of the molecule is CCc1ccc(OOC(=O)C(N)(OC(=O)C(F)(F)F)C(C)C)c2cc3c(nc12)-c1cc2c(c(=O)n1C3)COC(=O)[C@]2(O)CC. The van der Waals surface area contributed by atoms with Gasteiger partial charge in [-0.15, -0.1) is 0 Å². The zero-order chi connectivity index (χ0) is 32.4. The van der Waals surface area contributed by atoms with Crippen LogP contribution in [0.5, 0.6) is 5.75 Å². The first-order valence-electron chi connectivity index (χ1n) is 13.7. The van der Waals surface area contributed by atoms with Gasteiger partial charge in [0.15, 0.2) is 11.4 Å². The lowest BCUT2D eigenvalue weighted by atomic mass is 9.86. The van der Waals surface area contributed by atoms with Crippen molar-refractivity contribution in [2.45, 2.75) is 71.2 Å². The van der Waals surface area contributed by atoms with E-state index >= 15 is 0 Å². The van der Waals surface area contributed by atoms with E-state index in [0.29, 0.717) is 34.3 Å². The summed E-state index contributed by atoms with van der Waals surface area (Å²) in [7, 11) is 0. The second kappa shape index (κ2) is 10.6. The van der Waals surface area contributed by atoms with Crippen LogP contribution in [-0.4, -0.2) is 44.5 Å². The third kappa shape index (κ3) is 4.76. The molecule has 3 N–H and O–H groups in total. The number of hydrogen-bond acceptors (Lipinski definition) is 11. The molecule has 4 heterocycles. The summed E-state index contributed by atoms with van der Waals surface area (Å²) in [6.07, 6.45) is -4.92. The molecule has 0 bridgehead atoms. The molecule has 0 fully saturated rings. The molecule has 3 aromatic rings. The molecule has 2 aromatic heterocycles. The number of carbonyl (C=O) groups is 3. The maximum absolute atomic E-state index is 13.5. The van der Waals surface area contributed by atoms with E-state index in [0.717, 1.165) is 5.56 Å². The number of alkyl halides is 3. The summed E-state index contributed by atoms with van der Waals surface area (Å²) in [6, 6.07) is 6.30. The van der Waals surface area contributed by atoms with Crippen LogP contribution in [0, 0.1) is 5.92 Å². The molecule has 1 aromatic carbocycles. The number of nitrogens with two attached hydrogens (primary N) is 1. The Hall–Kier alpha value is -4.50. The molecule has 0 saturated carbocycles. The van der Waals surface area contributed by atoms with Gasteiger partial charge in [-0.2, -0.15) is 13.2 Å². The molecule has 2 aliphatic rings. The summed E-state index contributed by atoms with van der Waals surface area (Å²) in [5.74, 6) is -6.30. The van der Waals surface area contributed by atoms with E-state index in [2.05, 4.69) is 4.74 Å². The standard InChI is InChI=1S/C29H28F3N3O9/c1-5-14-7-8-20(43-44-25(38)28(33,13(3)4)42-26(39)29(30,31)32)16-9-15-11-35-19(22(15)34-21(14)16)10-18-17(23(35)36)12-41-24(37)27(18,40)6-2/h7-10,13,40H,5-6,11-12,33H2,1-4H3/t27-,28?/m0/s1. The fourth-order valence-electron chi connectivity index (χ4n) is 5.21. The molecular weight excluding hydrogens is 591 g/mol. The number of benzene rings is 1. The lowest BCUT2D eigenvalue weighted by Crippen LogP contribution is -2.58. The van der Waals surface area contributed by atoms with Gasteiger partial charge in [0.2, 0.25) is 0 Å². The van der Waals surface area contributed by atoms with E-state index in [1.165, 1.54) is 24.5 Å². The second-order valence-electron chi connectivity index (χ2n) is 10.9. The van der Waals surface area contributed by atoms with Crippen molar-refractivity contribution in [3.05, 3.63) is 56.9 Å². The minimum Gasteiger partial charge on any atom is -0.458 e. The predicted molar refractivity (Wildman–Crippen MR) is 145 cm³/mol. The summed E-state index contributed by atoms with van der Waals surface area (Å²) >= 11 is 0. The Morgan fingerprint density at radius 2 is 1.89 bits per heavy atom. The van der Waals surface area contributed by atoms with Gasteiger partial charge < -0.3 is 19.1 Å². The monoisotopic (exact) mass is 619 g/mol. The van der Waals surface area contributed by atoms with Crippen molar-refractivity contribution in [3.8, 4) is 17.1 Å². The Kier molecular flexibility index (Phi) is 7.45. The predicted octanol–water partition coefficient (Wildman–Crippen LogP) is 2.90. The van der Waals surface area contributed by atoms with E-state index in [4.69, 9.17) is 25.2 Å². The highest BCUT2D eigenvalue weighted by Gasteiger charge is 2.52. The van der Waals surface area contributed by atoms with Crippen LogP contribution < -0.4 is 16.2 Å². The minimum atomic E-state index is -5.41. The van der Waals surface area contributed by atoms with Crippen molar-refractivity contribution in [1.29, 1.82) is 0 Å². The van der Waals surface area contributed by atoms with Gasteiger partial charge >= 0.3 is 24.1 Å². The van der Waals surface area contributed by atoms with E-state index in [1.54, 1.807) is 25.1 Å². The third-order valence-electron chi connectivity index (χ3n) is 7.98. The van der Waals surface area contributed by atoms with E-state index in [-0.39, 0.29) is 36.4 Å². The quantitative estimate of drug-likeness (QED) is 0.135. The zero-order valence-electron chi connectivity index (χ0n) is 24.0. The van der Waals surface area contributed by atoms with Gasteiger partial charge in [-0.25, -0.2) is 24.3 Å². The van der Waals surface area contributed by atoms with Crippen LogP contribution in [0.1, 0.15) is 56.4 Å². The van der Waals surface area contributed by atoms with Gasteiger partial charge in [-0.05, 0) is 36.6 Å². The first-order valence-corrected chi connectivity index (χ1v) is 13.7. The highest BCUT2D eigenvalue weighted by Crippen LogP contribution is 2.40. The Bertz CT molecular complexity index is 1790. The van der Waals surface area contributed by atoms with Gasteiger partial charge in [-0.3, -0.25) is 15.4 Å². The smallest absolute Gasteiger partial charge is 0.458 e. The largest absolute Gasteiger partial charge is 0.491 e. The lowest BCUT2D eigenvalue weighted by molar-refractivity contribution is -0.250. The number of aromatic nitrogens is 2. The van der Waals surface area contributed by atoms with Crippen LogP contribution >= 0.6 is 0 Å². The zero-order valence-corrected chi connectivity index (χ0v) is 24.0. The maximum atomic E-state index is 13.5. The number of rotatable bonds is 7. The third-order valence-corrected chi connectivity index (χ3v) is 7.98. The van der Waals surface area contributed by atoms with Crippen molar-refractivity contribution in [2.75, 3.05) is 0 Å². The highest BCUT2D eigenvalue weighted by atomic mass is 19.4. The number of aryl methyl sites for hydroxylation is 1. The van der Waals surface area contributed by atoms with E-state index in [1.807, 2.05) is 6.92 Å². The summed E-state index contributed by atoms with van der Waals surface area (Å²) < 4.78 is 49.3. The number of nitrogens with zero attached hydrogens (tertiary/aromatic N) is 2. The Labute approximate surface area is 247 Å². The minimum absolute atomic E-state index is 0.0184. The van der Waals surface area contributed by atoms with Crippen LogP contribution in [0.15, 0.2) is 29.1 Å². The first-order chi connectivity index (χ1) is 20.6. The van der Waals surface area contributed by atoms with Gasteiger partial charge in [0.05, 0.1) is 29.0 Å². The van der Waals surface area contributed by atoms with Crippen LogP contribution in [0.25, 0.3) is 22.3 Å². The molecule has 0 saturated heterocycles. The van der Waals surface area contributed by atoms with E-state index < -0.39 is 46.9 Å².